The summed E-state index contributed by atoms with van der Waals surface area (Å²) >= 11 is 0. The fraction of sp³-hybridized carbons (Fsp3) is 0.400. The van der Waals surface area contributed by atoms with E-state index in [-0.39, 0.29) is 24.1 Å². The highest BCUT2D eigenvalue weighted by Gasteiger charge is 2.21. The summed E-state index contributed by atoms with van der Waals surface area (Å²) in [6.45, 7) is 2.90. The third-order valence-corrected chi connectivity index (χ3v) is 4.51. The summed E-state index contributed by atoms with van der Waals surface area (Å²) in [5, 5.41) is 9.12. The van der Waals surface area contributed by atoms with E-state index < -0.39 is 5.97 Å². The summed E-state index contributed by atoms with van der Waals surface area (Å²) in [5.41, 5.74) is 0.547. The number of benzene rings is 1. The number of rotatable bonds is 7. The molecule has 0 aliphatic carbocycles. The minimum Gasteiger partial charge on any atom is -0.490 e. The van der Waals surface area contributed by atoms with Crippen molar-refractivity contribution < 1.29 is 28.6 Å². The Morgan fingerprint density at radius 1 is 1.30 bits per heavy atom. The monoisotopic (exact) mass is 373 g/mol. The zero-order valence-electron chi connectivity index (χ0n) is 15.4. The quantitative estimate of drug-likeness (QED) is 0.802. The SMILES string of the molecule is Cc1oc(CN(C)C(=O)c2ccccc2OCC2CCCO2)cc1C(=O)O. The lowest BCUT2D eigenvalue weighted by Crippen LogP contribution is -2.27. The van der Waals surface area contributed by atoms with E-state index in [1.807, 2.05) is 6.07 Å². The molecule has 7 nitrogen and oxygen atoms in total. The summed E-state index contributed by atoms with van der Waals surface area (Å²) in [4.78, 5) is 25.5. The van der Waals surface area contributed by atoms with Gasteiger partial charge < -0.3 is 23.9 Å². The molecule has 2 heterocycles. The molecule has 1 fully saturated rings. The van der Waals surface area contributed by atoms with Crippen molar-refractivity contribution in [2.75, 3.05) is 20.3 Å². The summed E-state index contributed by atoms with van der Waals surface area (Å²) in [5.74, 6) is -0.0444. The molecule has 1 amide bonds. The first-order valence-corrected chi connectivity index (χ1v) is 8.87. The van der Waals surface area contributed by atoms with Crippen molar-refractivity contribution in [2.45, 2.75) is 32.4 Å². The number of carbonyl (C=O) groups excluding carboxylic acids is 1. The van der Waals surface area contributed by atoms with Gasteiger partial charge in [0.15, 0.2) is 0 Å². The van der Waals surface area contributed by atoms with Crippen LogP contribution >= 0.6 is 0 Å². The molecule has 1 saturated heterocycles. The highest BCUT2D eigenvalue weighted by molar-refractivity contribution is 5.96. The molecule has 0 spiro atoms. The lowest BCUT2D eigenvalue weighted by atomic mass is 10.1. The van der Waals surface area contributed by atoms with Crippen molar-refractivity contribution in [2.24, 2.45) is 0 Å². The Morgan fingerprint density at radius 3 is 2.74 bits per heavy atom. The van der Waals surface area contributed by atoms with Gasteiger partial charge in [-0.3, -0.25) is 4.79 Å². The highest BCUT2D eigenvalue weighted by Crippen LogP contribution is 2.23. The average molecular weight is 373 g/mol. The number of hydrogen-bond donors (Lipinski definition) is 1. The molecule has 1 atom stereocenters. The largest absolute Gasteiger partial charge is 0.490 e. The number of hydrogen-bond acceptors (Lipinski definition) is 5. The number of para-hydroxylation sites is 1. The number of aromatic carboxylic acids is 1. The van der Waals surface area contributed by atoms with Crippen LogP contribution in [0.1, 0.15) is 45.1 Å². The molecule has 27 heavy (non-hydrogen) atoms. The number of carbonyl (C=O) groups is 2. The molecule has 1 aromatic carbocycles. The minimum atomic E-state index is -1.05. The van der Waals surface area contributed by atoms with Crippen molar-refractivity contribution >= 4 is 11.9 Å². The van der Waals surface area contributed by atoms with Gasteiger partial charge in [0, 0.05) is 13.7 Å². The topological polar surface area (TPSA) is 89.2 Å². The molecule has 1 aromatic heterocycles. The van der Waals surface area contributed by atoms with Crippen molar-refractivity contribution in [3.63, 3.8) is 0 Å². The molecular weight excluding hydrogens is 350 g/mol. The fourth-order valence-corrected chi connectivity index (χ4v) is 3.07. The second-order valence-corrected chi connectivity index (χ2v) is 6.59. The van der Waals surface area contributed by atoms with E-state index in [2.05, 4.69) is 0 Å². The summed E-state index contributed by atoms with van der Waals surface area (Å²) in [7, 11) is 1.64. The van der Waals surface area contributed by atoms with Crippen LogP contribution in [-0.2, 0) is 11.3 Å². The number of furan rings is 1. The van der Waals surface area contributed by atoms with Gasteiger partial charge in [0.2, 0.25) is 0 Å². The number of carboxylic acid groups (broad SMARTS) is 1. The second kappa shape index (κ2) is 8.26. The molecule has 0 bridgehead atoms. The molecule has 0 radical (unpaired) electrons. The average Bonchev–Trinajstić information content (AvgIpc) is 3.29. The molecule has 0 saturated carbocycles. The molecule has 1 unspecified atom stereocenters. The Kier molecular flexibility index (Phi) is 5.81. The number of ether oxygens (including phenoxy) is 2. The zero-order valence-corrected chi connectivity index (χ0v) is 15.4. The van der Waals surface area contributed by atoms with E-state index in [9.17, 15) is 9.59 Å². The molecule has 1 aliphatic rings. The maximum Gasteiger partial charge on any atom is 0.339 e. The Balaban J connectivity index is 1.69. The van der Waals surface area contributed by atoms with Crippen molar-refractivity contribution in [1.29, 1.82) is 0 Å². The van der Waals surface area contributed by atoms with Gasteiger partial charge in [0.25, 0.3) is 5.91 Å². The predicted octanol–water partition coefficient (Wildman–Crippen LogP) is 3.12. The van der Waals surface area contributed by atoms with Gasteiger partial charge >= 0.3 is 5.97 Å². The second-order valence-electron chi connectivity index (χ2n) is 6.59. The molecule has 144 valence electrons. The van der Waals surface area contributed by atoms with E-state index in [1.165, 1.54) is 11.0 Å². The van der Waals surface area contributed by atoms with E-state index in [0.717, 1.165) is 19.4 Å². The number of amides is 1. The van der Waals surface area contributed by atoms with Gasteiger partial charge in [-0.15, -0.1) is 0 Å². The number of carboxylic acids is 1. The molecule has 1 N–H and O–H groups in total. The molecular formula is C20H23NO6. The minimum absolute atomic E-state index is 0.0615. The standard InChI is InChI=1S/C20H23NO6/c1-13-17(20(23)24)10-15(27-13)11-21(2)19(22)16-7-3-4-8-18(16)26-12-14-6-5-9-25-14/h3-4,7-8,10,14H,5-6,9,11-12H2,1-2H3,(H,23,24). The first kappa shape index (κ1) is 19.0. The van der Waals surface area contributed by atoms with E-state index in [4.69, 9.17) is 19.0 Å². The van der Waals surface area contributed by atoms with Gasteiger partial charge in [-0.25, -0.2) is 4.79 Å². The van der Waals surface area contributed by atoms with Gasteiger partial charge in [0.05, 0.1) is 18.2 Å². The van der Waals surface area contributed by atoms with Crippen LogP contribution in [0, 0.1) is 6.92 Å². The molecule has 1 aliphatic heterocycles. The molecule has 7 heteroatoms. The lowest BCUT2D eigenvalue weighted by molar-refractivity contribution is 0.0654. The Hall–Kier alpha value is -2.80. The van der Waals surface area contributed by atoms with E-state index >= 15 is 0 Å². The van der Waals surface area contributed by atoms with Crippen molar-refractivity contribution in [3.8, 4) is 5.75 Å². The van der Waals surface area contributed by atoms with Crippen LogP contribution in [0.2, 0.25) is 0 Å². The van der Waals surface area contributed by atoms with Crippen LogP contribution in [-0.4, -0.2) is 48.2 Å². The maximum absolute atomic E-state index is 12.8. The Labute approximate surface area is 157 Å². The molecule has 3 rings (SSSR count). The highest BCUT2D eigenvalue weighted by atomic mass is 16.5. The van der Waals surface area contributed by atoms with Gasteiger partial charge in [0.1, 0.15) is 29.4 Å². The van der Waals surface area contributed by atoms with Crippen molar-refractivity contribution in [3.05, 3.63) is 53.0 Å². The van der Waals surface area contributed by atoms with Gasteiger partial charge in [-0.2, -0.15) is 0 Å². The third-order valence-electron chi connectivity index (χ3n) is 4.51. The smallest absolute Gasteiger partial charge is 0.339 e. The van der Waals surface area contributed by atoms with E-state index in [1.54, 1.807) is 32.2 Å². The first-order valence-electron chi connectivity index (χ1n) is 8.87. The lowest BCUT2D eigenvalue weighted by Gasteiger charge is -2.19. The predicted molar refractivity (Wildman–Crippen MR) is 97.1 cm³/mol. The van der Waals surface area contributed by atoms with Crippen LogP contribution in [0.3, 0.4) is 0 Å². The summed E-state index contributed by atoms with van der Waals surface area (Å²) in [6.07, 6.45) is 2.05. The number of aryl methyl sites for hydroxylation is 1. The molecule has 2 aromatic rings. The number of nitrogens with zero attached hydrogens (tertiary/aromatic N) is 1. The van der Waals surface area contributed by atoms with Crippen LogP contribution in [0.5, 0.6) is 5.75 Å². The first-order chi connectivity index (χ1) is 13.0. The Morgan fingerprint density at radius 2 is 2.07 bits per heavy atom. The fourth-order valence-electron chi connectivity index (χ4n) is 3.07. The Bertz CT molecular complexity index is 822. The maximum atomic E-state index is 12.8. The summed E-state index contributed by atoms with van der Waals surface area (Å²) < 4.78 is 16.8. The van der Waals surface area contributed by atoms with E-state index in [0.29, 0.717) is 29.4 Å². The van der Waals surface area contributed by atoms with Gasteiger partial charge in [-0.05, 0) is 38.0 Å². The van der Waals surface area contributed by atoms with Crippen LogP contribution in [0.15, 0.2) is 34.7 Å². The van der Waals surface area contributed by atoms with Crippen LogP contribution in [0.4, 0.5) is 0 Å². The third kappa shape index (κ3) is 4.49. The van der Waals surface area contributed by atoms with Crippen LogP contribution < -0.4 is 4.74 Å². The zero-order chi connectivity index (χ0) is 19.4. The normalized spacial score (nSPS) is 16.3. The van der Waals surface area contributed by atoms with Gasteiger partial charge in [-0.1, -0.05) is 12.1 Å². The van der Waals surface area contributed by atoms with Crippen LogP contribution in [0.25, 0.3) is 0 Å². The summed E-state index contributed by atoms with van der Waals surface area (Å²) in [6, 6.07) is 8.51. The van der Waals surface area contributed by atoms with Crippen molar-refractivity contribution in [1.82, 2.24) is 4.90 Å².